The Morgan fingerprint density at radius 2 is 1.90 bits per heavy atom. The van der Waals surface area contributed by atoms with E-state index in [9.17, 15) is 14.0 Å². The third-order valence-corrected chi connectivity index (χ3v) is 6.96. The number of hydrogen-bond acceptors (Lipinski definition) is 3. The third kappa shape index (κ3) is 4.64. The minimum absolute atomic E-state index is 0.0403. The van der Waals surface area contributed by atoms with E-state index < -0.39 is 0 Å². The van der Waals surface area contributed by atoms with Crippen LogP contribution in [0.1, 0.15) is 53.4 Å². The van der Waals surface area contributed by atoms with Crippen molar-refractivity contribution >= 4 is 33.2 Å². The van der Waals surface area contributed by atoms with Crippen molar-refractivity contribution < 1.29 is 14.0 Å². The molecule has 1 aromatic heterocycles. The number of hydrogen-bond donors (Lipinski definition) is 1. The fraction of sp³-hybridized carbons (Fsp3) is 0.360. The number of aryl methyl sites for hydroxylation is 1. The van der Waals surface area contributed by atoms with Crippen molar-refractivity contribution in [1.29, 1.82) is 0 Å². The Bertz CT molecular complexity index is 1110. The second-order valence-electron chi connectivity index (χ2n) is 8.39. The number of nitrogens with one attached hydrogen (secondary N) is 1. The Kier molecular flexibility index (Phi) is 6.37. The maximum absolute atomic E-state index is 13.9. The number of likely N-dealkylation sites (tertiary alicyclic amines) is 1. The summed E-state index contributed by atoms with van der Waals surface area (Å²) in [6.45, 7) is 5.17. The zero-order chi connectivity index (χ0) is 22.0. The van der Waals surface area contributed by atoms with E-state index in [-0.39, 0.29) is 29.6 Å². The first-order valence-corrected chi connectivity index (χ1v) is 11.6. The molecule has 2 aromatic carbocycles. The quantitative estimate of drug-likeness (QED) is 0.580. The minimum Gasteiger partial charge on any atom is -0.349 e. The number of rotatable bonds is 6. The summed E-state index contributed by atoms with van der Waals surface area (Å²) in [6, 6.07) is 14.8. The van der Waals surface area contributed by atoms with Gasteiger partial charge in [0.1, 0.15) is 5.82 Å². The number of thiophene rings is 1. The molecular formula is C25H27FN2O2S. The lowest BCUT2D eigenvalue weighted by Crippen LogP contribution is -2.31. The molecule has 1 fully saturated rings. The molecular weight excluding hydrogens is 411 g/mol. The van der Waals surface area contributed by atoms with Crippen molar-refractivity contribution in [2.24, 2.45) is 0 Å². The van der Waals surface area contributed by atoms with Crippen LogP contribution >= 0.6 is 11.3 Å². The zero-order valence-corrected chi connectivity index (χ0v) is 18.7. The van der Waals surface area contributed by atoms with Crippen LogP contribution in [-0.2, 0) is 11.2 Å². The second-order valence-corrected chi connectivity index (χ2v) is 9.44. The predicted molar refractivity (Wildman–Crippen MR) is 123 cm³/mol. The normalized spacial score (nSPS) is 16.3. The molecule has 1 atom stereocenters. The fourth-order valence-corrected chi connectivity index (χ4v) is 5.48. The standard InChI is InChI=1S/C25H27FN2O2S/c1-16(2)27-25(30)24-23(19-8-4-6-10-21(19)31-24)18-13-14-28(15-18)22(29)12-11-17-7-3-5-9-20(17)26/h3-10,16,18H,11-15H2,1-2H3,(H,27,30). The van der Waals surface area contributed by atoms with Crippen molar-refractivity contribution in [3.63, 3.8) is 0 Å². The molecule has 0 aliphatic carbocycles. The Labute approximate surface area is 186 Å². The molecule has 2 amide bonds. The summed E-state index contributed by atoms with van der Waals surface area (Å²) in [6.07, 6.45) is 1.52. The van der Waals surface area contributed by atoms with Gasteiger partial charge < -0.3 is 10.2 Å². The molecule has 1 N–H and O–H groups in total. The molecule has 6 heteroatoms. The molecule has 0 bridgehead atoms. The van der Waals surface area contributed by atoms with Gasteiger partial charge in [-0.3, -0.25) is 9.59 Å². The van der Waals surface area contributed by atoms with Gasteiger partial charge in [-0.2, -0.15) is 0 Å². The maximum atomic E-state index is 13.9. The zero-order valence-electron chi connectivity index (χ0n) is 17.9. The molecule has 0 spiro atoms. The van der Waals surface area contributed by atoms with E-state index in [1.807, 2.05) is 36.9 Å². The van der Waals surface area contributed by atoms with Gasteiger partial charge in [-0.25, -0.2) is 4.39 Å². The molecule has 4 nitrogen and oxygen atoms in total. The van der Waals surface area contributed by atoms with Crippen LogP contribution in [0.5, 0.6) is 0 Å². The topological polar surface area (TPSA) is 49.4 Å². The number of benzene rings is 2. The summed E-state index contributed by atoms with van der Waals surface area (Å²) in [4.78, 5) is 28.3. The summed E-state index contributed by atoms with van der Waals surface area (Å²) in [5, 5.41) is 4.12. The van der Waals surface area contributed by atoms with E-state index in [2.05, 4.69) is 11.4 Å². The summed E-state index contributed by atoms with van der Waals surface area (Å²) in [5.74, 6) is -0.143. The average Bonchev–Trinajstić information content (AvgIpc) is 3.37. The highest BCUT2D eigenvalue weighted by atomic mass is 32.1. The lowest BCUT2D eigenvalue weighted by molar-refractivity contribution is -0.130. The van der Waals surface area contributed by atoms with Crippen LogP contribution in [0.3, 0.4) is 0 Å². The van der Waals surface area contributed by atoms with Crippen molar-refractivity contribution in [2.45, 2.75) is 45.1 Å². The van der Waals surface area contributed by atoms with E-state index in [4.69, 9.17) is 0 Å². The second kappa shape index (κ2) is 9.18. The van der Waals surface area contributed by atoms with Gasteiger partial charge in [0.25, 0.3) is 5.91 Å². The first kappa shape index (κ1) is 21.5. The van der Waals surface area contributed by atoms with Gasteiger partial charge >= 0.3 is 0 Å². The summed E-state index contributed by atoms with van der Waals surface area (Å²) in [5.41, 5.74) is 1.63. The van der Waals surface area contributed by atoms with Crippen LogP contribution in [0.25, 0.3) is 10.1 Å². The van der Waals surface area contributed by atoms with Crippen LogP contribution < -0.4 is 5.32 Å². The van der Waals surface area contributed by atoms with Crippen LogP contribution in [0.2, 0.25) is 0 Å². The molecule has 1 aliphatic heterocycles. The van der Waals surface area contributed by atoms with Crippen molar-refractivity contribution in [3.8, 4) is 0 Å². The number of halogens is 1. The number of nitrogens with zero attached hydrogens (tertiary/aromatic N) is 1. The van der Waals surface area contributed by atoms with Gasteiger partial charge in [0, 0.05) is 36.2 Å². The number of carbonyl (C=O) groups is 2. The van der Waals surface area contributed by atoms with Crippen molar-refractivity contribution in [2.75, 3.05) is 13.1 Å². The molecule has 2 heterocycles. The monoisotopic (exact) mass is 438 g/mol. The Morgan fingerprint density at radius 1 is 1.16 bits per heavy atom. The van der Waals surface area contributed by atoms with E-state index in [1.54, 1.807) is 18.2 Å². The smallest absolute Gasteiger partial charge is 0.261 e. The van der Waals surface area contributed by atoms with Crippen LogP contribution in [-0.4, -0.2) is 35.8 Å². The number of amides is 2. The fourth-order valence-electron chi connectivity index (χ4n) is 4.29. The molecule has 0 saturated carbocycles. The first-order valence-electron chi connectivity index (χ1n) is 10.8. The van der Waals surface area contributed by atoms with E-state index in [1.165, 1.54) is 17.4 Å². The lowest BCUT2D eigenvalue weighted by Gasteiger charge is -2.18. The molecule has 162 valence electrons. The highest BCUT2D eigenvalue weighted by Crippen LogP contribution is 2.40. The lowest BCUT2D eigenvalue weighted by atomic mass is 9.95. The molecule has 3 aromatic rings. The Hall–Kier alpha value is -2.73. The van der Waals surface area contributed by atoms with Gasteiger partial charge in [0.2, 0.25) is 5.91 Å². The molecule has 31 heavy (non-hydrogen) atoms. The predicted octanol–water partition coefficient (Wildman–Crippen LogP) is 5.13. The van der Waals surface area contributed by atoms with Crippen LogP contribution in [0.15, 0.2) is 48.5 Å². The van der Waals surface area contributed by atoms with Gasteiger partial charge in [0.05, 0.1) is 4.88 Å². The molecule has 1 unspecified atom stereocenters. The maximum Gasteiger partial charge on any atom is 0.261 e. The minimum atomic E-state index is -0.264. The van der Waals surface area contributed by atoms with Gasteiger partial charge in [-0.05, 0) is 55.3 Å². The van der Waals surface area contributed by atoms with E-state index >= 15 is 0 Å². The summed E-state index contributed by atoms with van der Waals surface area (Å²) in [7, 11) is 0. The highest BCUT2D eigenvalue weighted by molar-refractivity contribution is 7.21. The SMILES string of the molecule is CC(C)NC(=O)c1sc2ccccc2c1C1CCN(C(=O)CCc2ccccc2F)C1. The summed E-state index contributed by atoms with van der Waals surface area (Å²) >= 11 is 1.52. The summed E-state index contributed by atoms with van der Waals surface area (Å²) < 4.78 is 15.0. The van der Waals surface area contributed by atoms with E-state index in [0.717, 1.165) is 26.9 Å². The highest BCUT2D eigenvalue weighted by Gasteiger charge is 2.32. The Morgan fingerprint density at radius 3 is 2.68 bits per heavy atom. The number of carbonyl (C=O) groups excluding carboxylic acids is 2. The Balaban J connectivity index is 1.51. The van der Waals surface area contributed by atoms with Crippen molar-refractivity contribution in [3.05, 3.63) is 70.4 Å². The average molecular weight is 439 g/mol. The molecule has 1 aliphatic rings. The van der Waals surface area contributed by atoms with Crippen LogP contribution in [0, 0.1) is 5.82 Å². The molecule has 0 radical (unpaired) electrons. The van der Waals surface area contributed by atoms with Gasteiger partial charge in [-0.15, -0.1) is 11.3 Å². The largest absolute Gasteiger partial charge is 0.349 e. The van der Waals surface area contributed by atoms with Crippen LogP contribution in [0.4, 0.5) is 4.39 Å². The van der Waals surface area contributed by atoms with Gasteiger partial charge in [0.15, 0.2) is 0 Å². The molecule has 4 rings (SSSR count). The van der Waals surface area contributed by atoms with Gasteiger partial charge in [-0.1, -0.05) is 36.4 Å². The van der Waals surface area contributed by atoms with E-state index in [0.29, 0.717) is 31.5 Å². The molecule has 1 saturated heterocycles. The number of fused-ring (bicyclic) bond motifs is 1. The first-order chi connectivity index (χ1) is 14.9. The third-order valence-electron chi connectivity index (χ3n) is 5.78. The van der Waals surface area contributed by atoms with Crippen molar-refractivity contribution in [1.82, 2.24) is 10.2 Å².